The molecule has 0 radical (unpaired) electrons. The predicted molar refractivity (Wildman–Crippen MR) is 121 cm³/mol. The third-order valence-electron chi connectivity index (χ3n) is 5.53. The number of hydrogen-bond donors (Lipinski definition) is 1. The summed E-state index contributed by atoms with van der Waals surface area (Å²) in [5, 5.41) is 5.66. The van der Waals surface area contributed by atoms with Gasteiger partial charge >= 0.3 is 0 Å². The Morgan fingerprint density at radius 1 is 1.07 bits per heavy atom. The molecule has 1 N–H and O–H groups in total. The maximum atomic E-state index is 12.9. The zero-order chi connectivity index (χ0) is 20.9. The van der Waals surface area contributed by atoms with Gasteiger partial charge in [-0.25, -0.2) is 4.98 Å². The highest BCUT2D eigenvalue weighted by molar-refractivity contribution is 7.13. The maximum absolute atomic E-state index is 12.9. The van der Waals surface area contributed by atoms with Crippen LogP contribution in [0.1, 0.15) is 35.8 Å². The lowest BCUT2D eigenvalue weighted by molar-refractivity contribution is -0.121. The lowest BCUT2D eigenvalue weighted by Crippen LogP contribution is -2.41. The Kier molecular flexibility index (Phi) is 6.23. The van der Waals surface area contributed by atoms with Crippen LogP contribution in [0, 0.1) is 5.92 Å². The van der Waals surface area contributed by atoms with Gasteiger partial charge in [0.2, 0.25) is 5.91 Å². The number of nitrogens with zero attached hydrogens (tertiary/aromatic N) is 2. The fourth-order valence-corrected chi connectivity index (χ4v) is 4.46. The second-order valence-electron chi connectivity index (χ2n) is 7.51. The number of amides is 2. The van der Waals surface area contributed by atoms with Crippen LogP contribution in [0.25, 0.3) is 10.6 Å². The summed E-state index contributed by atoms with van der Waals surface area (Å²) in [7, 11) is 0. The number of anilines is 1. The van der Waals surface area contributed by atoms with E-state index in [-0.39, 0.29) is 17.7 Å². The molecule has 1 aromatic heterocycles. The molecule has 1 saturated heterocycles. The number of aromatic nitrogens is 1. The van der Waals surface area contributed by atoms with Gasteiger partial charge in [-0.2, -0.15) is 0 Å². The summed E-state index contributed by atoms with van der Waals surface area (Å²) in [4.78, 5) is 31.8. The second-order valence-corrected chi connectivity index (χ2v) is 8.37. The van der Waals surface area contributed by atoms with Crippen LogP contribution in [0.15, 0.2) is 60.0 Å². The van der Waals surface area contributed by atoms with E-state index in [1.807, 2.05) is 40.6 Å². The summed E-state index contributed by atoms with van der Waals surface area (Å²) in [5.74, 6) is -0.0957. The molecule has 1 aliphatic rings. The number of likely N-dealkylation sites (tertiary alicyclic amines) is 1. The highest BCUT2D eigenvalue weighted by Crippen LogP contribution is 2.26. The Morgan fingerprint density at radius 3 is 2.43 bits per heavy atom. The van der Waals surface area contributed by atoms with Gasteiger partial charge < -0.3 is 10.2 Å². The Balaban J connectivity index is 1.34. The molecule has 0 atom stereocenters. The fraction of sp³-hybridized carbons (Fsp3) is 0.292. The van der Waals surface area contributed by atoms with Crippen molar-refractivity contribution < 1.29 is 9.59 Å². The van der Waals surface area contributed by atoms with Crippen molar-refractivity contribution in [3.63, 3.8) is 0 Å². The van der Waals surface area contributed by atoms with E-state index in [4.69, 9.17) is 0 Å². The van der Waals surface area contributed by atoms with Crippen LogP contribution in [-0.2, 0) is 11.2 Å². The molecule has 6 heteroatoms. The monoisotopic (exact) mass is 419 g/mol. The van der Waals surface area contributed by atoms with E-state index in [0.29, 0.717) is 31.6 Å². The molecule has 1 fully saturated rings. The first-order valence-corrected chi connectivity index (χ1v) is 11.2. The minimum Gasteiger partial charge on any atom is -0.337 e. The number of rotatable bonds is 5. The minimum absolute atomic E-state index is 0.0276. The molecule has 154 valence electrons. The third kappa shape index (κ3) is 4.60. The minimum atomic E-state index is -0.0719. The van der Waals surface area contributed by atoms with Gasteiger partial charge in [-0.15, -0.1) is 11.3 Å². The molecule has 5 nitrogen and oxygen atoms in total. The molecule has 2 amide bonds. The van der Waals surface area contributed by atoms with Gasteiger partial charge in [0, 0.05) is 35.6 Å². The van der Waals surface area contributed by atoms with Crippen molar-refractivity contribution in [2.24, 2.45) is 5.92 Å². The lowest BCUT2D eigenvalue weighted by atomic mass is 9.95. The highest BCUT2D eigenvalue weighted by Gasteiger charge is 2.28. The summed E-state index contributed by atoms with van der Waals surface area (Å²) in [6.45, 7) is 3.27. The van der Waals surface area contributed by atoms with Crippen molar-refractivity contribution in [2.45, 2.75) is 26.2 Å². The van der Waals surface area contributed by atoms with Gasteiger partial charge in [0.05, 0.1) is 0 Å². The van der Waals surface area contributed by atoms with E-state index in [1.54, 1.807) is 0 Å². The molecule has 2 heterocycles. The smallest absolute Gasteiger partial charge is 0.273 e. The van der Waals surface area contributed by atoms with E-state index in [9.17, 15) is 9.59 Å². The Bertz CT molecular complexity index is 1010. The molecule has 0 aliphatic carbocycles. The van der Waals surface area contributed by atoms with Crippen molar-refractivity contribution in [1.82, 2.24) is 9.88 Å². The number of hydrogen-bond acceptors (Lipinski definition) is 4. The highest BCUT2D eigenvalue weighted by atomic mass is 32.1. The number of benzene rings is 2. The zero-order valence-electron chi connectivity index (χ0n) is 17.0. The zero-order valence-corrected chi connectivity index (χ0v) is 17.8. The van der Waals surface area contributed by atoms with Gasteiger partial charge in [0.15, 0.2) is 0 Å². The standard InChI is InChI=1S/C24H25N3O2S/c1-2-17-8-10-19(11-9-17)23-26-21(16-30-23)24(29)27-14-12-18(13-15-27)22(28)25-20-6-4-3-5-7-20/h3-11,16,18H,2,12-15H2,1H3,(H,25,28). The number of piperidine rings is 1. The number of aryl methyl sites for hydroxylation is 1. The third-order valence-corrected chi connectivity index (χ3v) is 6.42. The van der Waals surface area contributed by atoms with E-state index < -0.39 is 0 Å². The molecule has 2 aromatic carbocycles. The van der Waals surface area contributed by atoms with Crippen LogP contribution in [0.4, 0.5) is 5.69 Å². The average molecular weight is 420 g/mol. The molecule has 1 aliphatic heterocycles. The first-order valence-electron chi connectivity index (χ1n) is 10.3. The van der Waals surface area contributed by atoms with Gasteiger partial charge in [-0.3, -0.25) is 9.59 Å². The molecule has 4 rings (SSSR count). The topological polar surface area (TPSA) is 62.3 Å². The molecule has 30 heavy (non-hydrogen) atoms. The van der Waals surface area contributed by atoms with Crippen LogP contribution < -0.4 is 5.32 Å². The van der Waals surface area contributed by atoms with Gasteiger partial charge in [-0.05, 0) is 37.0 Å². The Morgan fingerprint density at radius 2 is 1.77 bits per heavy atom. The van der Waals surface area contributed by atoms with E-state index in [0.717, 1.165) is 22.7 Å². The normalized spacial score (nSPS) is 14.5. The summed E-state index contributed by atoms with van der Waals surface area (Å²) in [6, 6.07) is 17.8. The van der Waals surface area contributed by atoms with Crippen molar-refractivity contribution in [3.05, 3.63) is 71.2 Å². The number of nitrogens with one attached hydrogen (secondary N) is 1. The largest absolute Gasteiger partial charge is 0.337 e. The van der Waals surface area contributed by atoms with Gasteiger partial charge in [-0.1, -0.05) is 49.4 Å². The Hall–Kier alpha value is -2.99. The van der Waals surface area contributed by atoms with Crippen LogP contribution >= 0.6 is 11.3 Å². The molecular weight excluding hydrogens is 394 g/mol. The first kappa shape index (κ1) is 20.3. The summed E-state index contributed by atoms with van der Waals surface area (Å²) < 4.78 is 0. The molecule has 3 aromatic rings. The predicted octanol–water partition coefficient (Wildman–Crippen LogP) is 4.86. The summed E-state index contributed by atoms with van der Waals surface area (Å²) in [6.07, 6.45) is 2.33. The van der Waals surface area contributed by atoms with E-state index >= 15 is 0 Å². The molecule has 0 saturated carbocycles. The van der Waals surface area contributed by atoms with Crippen LogP contribution in [-0.4, -0.2) is 34.8 Å². The van der Waals surface area contributed by atoms with Crippen LogP contribution in [0.3, 0.4) is 0 Å². The van der Waals surface area contributed by atoms with E-state index in [2.05, 4.69) is 41.5 Å². The molecule has 0 bridgehead atoms. The average Bonchev–Trinajstić information content (AvgIpc) is 3.30. The number of carbonyl (C=O) groups excluding carboxylic acids is 2. The van der Waals surface area contributed by atoms with Crippen molar-refractivity contribution in [1.29, 1.82) is 0 Å². The van der Waals surface area contributed by atoms with Crippen LogP contribution in [0.5, 0.6) is 0 Å². The molecular formula is C24H25N3O2S. The number of carbonyl (C=O) groups is 2. The van der Waals surface area contributed by atoms with Crippen molar-refractivity contribution >= 4 is 28.8 Å². The van der Waals surface area contributed by atoms with E-state index in [1.165, 1.54) is 16.9 Å². The number of thiazole rings is 1. The quantitative estimate of drug-likeness (QED) is 0.642. The van der Waals surface area contributed by atoms with Crippen molar-refractivity contribution in [3.8, 4) is 10.6 Å². The van der Waals surface area contributed by atoms with Crippen LogP contribution in [0.2, 0.25) is 0 Å². The van der Waals surface area contributed by atoms with Gasteiger partial charge in [0.1, 0.15) is 10.7 Å². The van der Waals surface area contributed by atoms with Gasteiger partial charge in [0.25, 0.3) is 5.91 Å². The SMILES string of the molecule is CCc1ccc(-c2nc(C(=O)N3CCC(C(=O)Nc4ccccc4)CC3)cs2)cc1. The summed E-state index contributed by atoms with van der Waals surface area (Å²) in [5.41, 5.74) is 3.61. The molecule has 0 spiro atoms. The Labute approximate surface area is 180 Å². The fourth-order valence-electron chi connectivity index (χ4n) is 3.66. The molecule has 0 unspecified atom stereocenters. The first-order chi connectivity index (χ1) is 14.6. The summed E-state index contributed by atoms with van der Waals surface area (Å²) >= 11 is 1.49. The maximum Gasteiger partial charge on any atom is 0.273 e. The number of para-hydroxylation sites is 1. The second kappa shape index (κ2) is 9.22. The lowest BCUT2D eigenvalue weighted by Gasteiger charge is -2.30. The van der Waals surface area contributed by atoms with Crippen molar-refractivity contribution in [2.75, 3.05) is 18.4 Å².